The first-order valence-corrected chi connectivity index (χ1v) is 7.45. The lowest BCUT2D eigenvalue weighted by Gasteiger charge is -2.04. The number of nitrogens with zero attached hydrogens (tertiary/aromatic N) is 4. The summed E-state index contributed by atoms with van der Waals surface area (Å²) in [6, 6.07) is 3.17. The van der Waals surface area contributed by atoms with E-state index in [1.807, 2.05) is 0 Å². The number of benzene rings is 1. The van der Waals surface area contributed by atoms with Crippen molar-refractivity contribution in [3.8, 4) is 0 Å². The molecule has 0 saturated heterocycles. The Morgan fingerprint density at radius 1 is 1.30 bits per heavy atom. The summed E-state index contributed by atoms with van der Waals surface area (Å²) in [6.45, 7) is -0.229. The number of aromatic nitrogens is 4. The van der Waals surface area contributed by atoms with Crippen LogP contribution in [-0.4, -0.2) is 24.9 Å². The van der Waals surface area contributed by atoms with Crippen LogP contribution in [-0.2, 0) is 25.6 Å². The van der Waals surface area contributed by atoms with E-state index in [4.69, 9.17) is 9.52 Å². The Morgan fingerprint density at radius 2 is 2.09 bits per heavy atom. The van der Waals surface area contributed by atoms with E-state index in [-0.39, 0.29) is 23.8 Å². The van der Waals surface area contributed by atoms with Gasteiger partial charge in [-0.1, -0.05) is 11.8 Å². The van der Waals surface area contributed by atoms with E-state index in [1.165, 1.54) is 17.8 Å². The highest BCUT2D eigenvalue weighted by atomic mass is 32.2. The van der Waals surface area contributed by atoms with Crippen molar-refractivity contribution in [2.45, 2.75) is 23.7 Å². The molecule has 0 amide bonds. The topological polar surface area (TPSA) is 77.0 Å². The van der Waals surface area contributed by atoms with Crippen LogP contribution in [0.3, 0.4) is 0 Å². The van der Waals surface area contributed by atoms with Gasteiger partial charge in [0.15, 0.2) is 16.6 Å². The first kappa shape index (κ1) is 15.8. The number of hydrogen-bond acceptors (Lipinski definition) is 6. The molecule has 2 aromatic heterocycles. The maximum atomic E-state index is 12.7. The number of fused-ring (bicyclic) bond motifs is 1. The van der Waals surface area contributed by atoms with E-state index in [1.54, 1.807) is 11.6 Å². The molecular formula is C13H11F3N4O2S. The maximum absolute atomic E-state index is 12.7. The van der Waals surface area contributed by atoms with Gasteiger partial charge in [-0.2, -0.15) is 13.2 Å². The normalized spacial score (nSPS) is 12.2. The lowest BCUT2D eigenvalue weighted by molar-refractivity contribution is -0.137. The molecule has 0 bridgehead atoms. The molecule has 0 unspecified atom stereocenters. The fraction of sp³-hybridized carbons (Fsp3) is 0.308. The van der Waals surface area contributed by atoms with Crippen molar-refractivity contribution in [3.63, 3.8) is 0 Å². The Hall–Kier alpha value is -2.07. The van der Waals surface area contributed by atoms with E-state index < -0.39 is 11.7 Å². The Bertz CT molecular complexity index is 843. The maximum Gasteiger partial charge on any atom is 0.416 e. The fourth-order valence-electron chi connectivity index (χ4n) is 1.95. The summed E-state index contributed by atoms with van der Waals surface area (Å²) in [5.41, 5.74) is -0.314. The predicted octanol–water partition coefficient (Wildman–Crippen LogP) is 2.76. The summed E-state index contributed by atoms with van der Waals surface area (Å²) >= 11 is 1.26. The van der Waals surface area contributed by atoms with E-state index >= 15 is 0 Å². The molecule has 3 aromatic rings. The lowest BCUT2D eigenvalue weighted by atomic mass is 10.2. The quantitative estimate of drug-likeness (QED) is 0.734. The highest BCUT2D eigenvalue weighted by molar-refractivity contribution is 7.98. The standard InChI is InChI=1S/C13H11F3N4O2S/c1-20-10(5-21)18-19-12(20)23-6-11-17-8-4-7(13(14,15)16)2-3-9(8)22-11/h2-4,21H,5-6H2,1H3. The summed E-state index contributed by atoms with van der Waals surface area (Å²) in [5, 5.41) is 17.3. The molecule has 0 aliphatic rings. The summed E-state index contributed by atoms with van der Waals surface area (Å²) in [4.78, 5) is 4.06. The van der Waals surface area contributed by atoms with E-state index in [9.17, 15) is 13.2 Å². The van der Waals surface area contributed by atoms with Gasteiger partial charge in [-0.3, -0.25) is 0 Å². The van der Waals surface area contributed by atoms with Crippen LogP contribution in [0.25, 0.3) is 11.1 Å². The molecule has 0 aliphatic carbocycles. The predicted molar refractivity (Wildman–Crippen MR) is 75.5 cm³/mol. The van der Waals surface area contributed by atoms with Crippen molar-refractivity contribution in [3.05, 3.63) is 35.5 Å². The van der Waals surface area contributed by atoms with Crippen LogP contribution in [0.2, 0.25) is 0 Å². The van der Waals surface area contributed by atoms with E-state index in [2.05, 4.69) is 15.2 Å². The van der Waals surface area contributed by atoms with Crippen molar-refractivity contribution >= 4 is 22.9 Å². The molecule has 1 aromatic carbocycles. The van der Waals surface area contributed by atoms with Crippen LogP contribution in [0.1, 0.15) is 17.3 Å². The number of oxazole rings is 1. The van der Waals surface area contributed by atoms with Crippen molar-refractivity contribution in [2.24, 2.45) is 7.05 Å². The Balaban J connectivity index is 1.79. The molecule has 0 radical (unpaired) electrons. The van der Waals surface area contributed by atoms with Gasteiger partial charge in [-0.05, 0) is 18.2 Å². The number of halogens is 3. The molecular weight excluding hydrogens is 333 g/mol. The molecule has 10 heteroatoms. The van der Waals surface area contributed by atoms with Gasteiger partial charge in [0.25, 0.3) is 0 Å². The monoisotopic (exact) mass is 344 g/mol. The third-order valence-corrected chi connectivity index (χ3v) is 4.16. The number of hydrogen-bond donors (Lipinski definition) is 1. The van der Waals surface area contributed by atoms with Crippen LogP contribution in [0, 0.1) is 0 Å². The molecule has 122 valence electrons. The average molecular weight is 344 g/mol. The second-order valence-corrected chi connectivity index (χ2v) is 5.63. The Morgan fingerprint density at radius 3 is 2.74 bits per heavy atom. The van der Waals surface area contributed by atoms with Gasteiger partial charge in [0, 0.05) is 7.05 Å². The molecule has 3 rings (SSSR count). The van der Waals surface area contributed by atoms with Crippen LogP contribution < -0.4 is 0 Å². The van der Waals surface area contributed by atoms with Crippen LogP contribution in [0.4, 0.5) is 13.2 Å². The van der Waals surface area contributed by atoms with Crippen LogP contribution >= 0.6 is 11.8 Å². The van der Waals surface area contributed by atoms with Gasteiger partial charge in [-0.25, -0.2) is 4.98 Å². The van der Waals surface area contributed by atoms with Gasteiger partial charge in [0.05, 0.1) is 11.3 Å². The number of thioether (sulfide) groups is 1. The Labute approximate surface area is 132 Å². The van der Waals surface area contributed by atoms with Crippen molar-refractivity contribution in [2.75, 3.05) is 0 Å². The van der Waals surface area contributed by atoms with Gasteiger partial charge >= 0.3 is 6.18 Å². The van der Waals surface area contributed by atoms with Crippen molar-refractivity contribution in [1.29, 1.82) is 0 Å². The van der Waals surface area contributed by atoms with Crippen LogP contribution in [0.15, 0.2) is 27.8 Å². The van der Waals surface area contributed by atoms with E-state index in [0.29, 0.717) is 16.6 Å². The number of aliphatic hydroxyl groups is 1. The largest absolute Gasteiger partial charge is 0.440 e. The SMILES string of the molecule is Cn1c(CO)nnc1SCc1nc2cc(C(F)(F)F)ccc2o1. The highest BCUT2D eigenvalue weighted by Gasteiger charge is 2.31. The highest BCUT2D eigenvalue weighted by Crippen LogP contribution is 2.32. The minimum absolute atomic E-state index is 0.157. The number of alkyl halides is 3. The summed E-state index contributed by atoms with van der Waals surface area (Å²) in [7, 11) is 1.70. The summed E-state index contributed by atoms with van der Waals surface area (Å²) in [6.07, 6.45) is -4.42. The van der Waals surface area contributed by atoms with E-state index in [0.717, 1.165) is 12.1 Å². The van der Waals surface area contributed by atoms with Crippen molar-refractivity contribution in [1.82, 2.24) is 19.7 Å². The second kappa shape index (κ2) is 5.85. The average Bonchev–Trinajstić information content (AvgIpc) is 3.06. The third-order valence-electron chi connectivity index (χ3n) is 3.15. The Kier molecular flexibility index (Phi) is 4.02. The number of rotatable bonds is 4. The zero-order valence-corrected chi connectivity index (χ0v) is 12.6. The zero-order chi connectivity index (χ0) is 16.6. The fourth-order valence-corrected chi connectivity index (χ4v) is 2.72. The molecule has 0 aliphatic heterocycles. The lowest BCUT2D eigenvalue weighted by Crippen LogP contribution is -2.03. The molecule has 1 N–H and O–H groups in total. The van der Waals surface area contributed by atoms with Gasteiger partial charge in [-0.15, -0.1) is 10.2 Å². The zero-order valence-electron chi connectivity index (χ0n) is 11.8. The molecule has 0 spiro atoms. The third kappa shape index (κ3) is 3.17. The molecule has 6 nitrogen and oxygen atoms in total. The molecule has 0 atom stereocenters. The molecule has 0 saturated carbocycles. The minimum Gasteiger partial charge on any atom is -0.440 e. The van der Waals surface area contributed by atoms with Gasteiger partial charge in [0.2, 0.25) is 5.89 Å². The summed E-state index contributed by atoms with van der Waals surface area (Å²) in [5.74, 6) is 0.991. The first-order valence-electron chi connectivity index (χ1n) is 6.47. The first-order chi connectivity index (χ1) is 10.9. The minimum atomic E-state index is -4.42. The second-order valence-electron chi connectivity index (χ2n) is 4.69. The van der Waals surface area contributed by atoms with Gasteiger partial charge in [0.1, 0.15) is 12.1 Å². The summed E-state index contributed by atoms with van der Waals surface area (Å²) < 4.78 is 45.1. The van der Waals surface area contributed by atoms with Crippen molar-refractivity contribution < 1.29 is 22.7 Å². The van der Waals surface area contributed by atoms with Crippen LogP contribution in [0.5, 0.6) is 0 Å². The van der Waals surface area contributed by atoms with Gasteiger partial charge < -0.3 is 14.1 Å². The smallest absolute Gasteiger partial charge is 0.416 e. The molecule has 23 heavy (non-hydrogen) atoms. The number of aliphatic hydroxyl groups excluding tert-OH is 1. The molecule has 2 heterocycles. The molecule has 0 fully saturated rings.